The van der Waals surface area contributed by atoms with E-state index in [-0.39, 0.29) is 18.7 Å². The van der Waals surface area contributed by atoms with Gasteiger partial charge in [-0.15, -0.1) is 0 Å². The minimum absolute atomic E-state index is 0.0183. The Morgan fingerprint density at radius 3 is 2.82 bits per heavy atom. The monoisotopic (exact) mass is 251 g/mol. The number of rotatable bonds is 4. The molecule has 0 N–H and O–H groups in total. The summed E-state index contributed by atoms with van der Waals surface area (Å²) in [6.45, 7) is 2.51. The largest absolute Gasteiger partial charge is 0.449 e. The van der Waals surface area contributed by atoms with E-state index in [4.69, 9.17) is 4.74 Å². The van der Waals surface area contributed by atoms with Gasteiger partial charge in [0.25, 0.3) is 0 Å². The summed E-state index contributed by atoms with van der Waals surface area (Å²) in [6, 6.07) is 0. The standard InChI is InChI=1S/C11H16F3NO2/c1-2-3-6-17-10(16)15-5-4-9(8-15)7-11(12,13)14/h4H,2-3,5-8H2,1H3. The number of nitrogens with zero attached hydrogens (tertiary/aromatic N) is 1. The van der Waals surface area contributed by atoms with E-state index in [2.05, 4.69) is 0 Å². The maximum absolute atomic E-state index is 12.1. The zero-order chi connectivity index (χ0) is 12.9. The summed E-state index contributed by atoms with van der Waals surface area (Å²) < 4.78 is 41.2. The number of carbonyl (C=O) groups excluding carboxylic acids is 1. The van der Waals surface area contributed by atoms with Crippen LogP contribution in [0, 0.1) is 0 Å². The highest BCUT2D eigenvalue weighted by Crippen LogP contribution is 2.27. The molecule has 0 spiro atoms. The van der Waals surface area contributed by atoms with Gasteiger partial charge >= 0.3 is 12.3 Å². The Morgan fingerprint density at radius 1 is 1.53 bits per heavy atom. The summed E-state index contributed by atoms with van der Waals surface area (Å²) in [7, 11) is 0. The molecule has 1 heterocycles. The molecule has 0 aromatic heterocycles. The van der Waals surface area contributed by atoms with Crippen LogP contribution in [0.25, 0.3) is 0 Å². The molecular weight excluding hydrogens is 235 g/mol. The summed E-state index contributed by atoms with van der Waals surface area (Å²) >= 11 is 0. The van der Waals surface area contributed by atoms with Crippen LogP contribution >= 0.6 is 0 Å². The van der Waals surface area contributed by atoms with Crippen LogP contribution in [0.15, 0.2) is 11.6 Å². The van der Waals surface area contributed by atoms with Crippen molar-refractivity contribution in [1.29, 1.82) is 0 Å². The molecule has 1 rings (SSSR count). The smallest absolute Gasteiger partial charge is 0.410 e. The van der Waals surface area contributed by atoms with E-state index in [0.717, 1.165) is 12.8 Å². The van der Waals surface area contributed by atoms with Crippen LogP contribution in [-0.2, 0) is 4.74 Å². The first kappa shape index (κ1) is 13.9. The Labute approximate surface area is 98.2 Å². The van der Waals surface area contributed by atoms with Crippen molar-refractivity contribution in [3.63, 3.8) is 0 Å². The van der Waals surface area contributed by atoms with Crippen molar-refractivity contribution in [3.05, 3.63) is 11.6 Å². The third kappa shape index (κ3) is 5.10. The number of hydrogen-bond acceptors (Lipinski definition) is 2. The highest BCUT2D eigenvalue weighted by atomic mass is 19.4. The number of ether oxygens (including phenoxy) is 1. The molecule has 98 valence electrons. The van der Waals surface area contributed by atoms with E-state index in [0.29, 0.717) is 6.61 Å². The van der Waals surface area contributed by atoms with Gasteiger partial charge in [-0.1, -0.05) is 19.4 Å². The van der Waals surface area contributed by atoms with Crippen molar-refractivity contribution in [2.75, 3.05) is 19.7 Å². The predicted octanol–water partition coefficient (Wildman–Crippen LogP) is 3.12. The zero-order valence-corrected chi connectivity index (χ0v) is 9.72. The van der Waals surface area contributed by atoms with Crippen LogP contribution in [0.3, 0.4) is 0 Å². The molecular formula is C11H16F3NO2. The summed E-state index contributed by atoms with van der Waals surface area (Å²) in [5, 5.41) is 0. The summed E-state index contributed by atoms with van der Waals surface area (Å²) in [4.78, 5) is 12.7. The van der Waals surface area contributed by atoms with Gasteiger partial charge in [0.05, 0.1) is 13.0 Å². The van der Waals surface area contributed by atoms with Crippen LogP contribution < -0.4 is 0 Å². The van der Waals surface area contributed by atoms with Gasteiger partial charge in [0, 0.05) is 13.1 Å². The Balaban J connectivity index is 2.30. The quantitative estimate of drug-likeness (QED) is 0.567. The molecule has 6 heteroatoms. The van der Waals surface area contributed by atoms with E-state index >= 15 is 0 Å². The van der Waals surface area contributed by atoms with Crippen LogP contribution in [0.5, 0.6) is 0 Å². The molecule has 17 heavy (non-hydrogen) atoms. The first-order chi connectivity index (χ1) is 7.92. The molecule has 3 nitrogen and oxygen atoms in total. The number of unbranched alkanes of at least 4 members (excludes halogenated alkanes) is 1. The highest BCUT2D eigenvalue weighted by molar-refractivity contribution is 5.69. The predicted molar refractivity (Wildman–Crippen MR) is 56.6 cm³/mol. The van der Waals surface area contributed by atoms with Crippen LogP contribution in [0.4, 0.5) is 18.0 Å². The maximum Gasteiger partial charge on any atom is 0.410 e. The van der Waals surface area contributed by atoms with Crippen molar-refractivity contribution in [1.82, 2.24) is 4.90 Å². The summed E-state index contributed by atoms with van der Waals surface area (Å²) in [5.41, 5.74) is 0.227. The second-order valence-electron chi connectivity index (χ2n) is 4.00. The average Bonchev–Trinajstić information content (AvgIpc) is 2.64. The van der Waals surface area contributed by atoms with Crippen molar-refractivity contribution in [2.45, 2.75) is 32.4 Å². The molecule has 0 aliphatic carbocycles. The first-order valence-electron chi connectivity index (χ1n) is 5.58. The van der Waals surface area contributed by atoms with Gasteiger partial charge in [-0.25, -0.2) is 4.79 Å². The molecule has 0 unspecified atom stereocenters. The van der Waals surface area contributed by atoms with Crippen molar-refractivity contribution < 1.29 is 22.7 Å². The molecule has 0 aromatic rings. The van der Waals surface area contributed by atoms with E-state index in [1.54, 1.807) is 0 Å². The van der Waals surface area contributed by atoms with E-state index in [1.807, 2.05) is 6.92 Å². The molecule has 0 atom stereocenters. The third-order valence-corrected chi connectivity index (χ3v) is 2.40. The van der Waals surface area contributed by atoms with E-state index in [9.17, 15) is 18.0 Å². The summed E-state index contributed by atoms with van der Waals surface area (Å²) in [6.07, 6.45) is -2.59. The molecule has 0 saturated heterocycles. The third-order valence-electron chi connectivity index (χ3n) is 2.40. The lowest BCUT2D eigenvalue weighted by molar-refractivity contribution is -0.127. The van der Waals surface area contributed by atoms with Crippen LogP contribution in [0.2, 0.25) is 0 Å². The molecule has 0 radical (unpaired) electrons. The van der Waals surface area contributed by atoms with Gasteiger partial charge in [0.2, 0.25) is 0 Å². The molecule has 1 aliphatic heterocycles. The van der Waals surface area contributed by atoms with Gasteiger partial charge in [0.1, 0.15) is 0 Å². The second kappa shape index (κ2) is 5.93. The number of alkyl halides is 3. The Bertz CT molecular complexity index is 300. The minimum atomic E-state index is -4.21. The number of carbonyl (C=O) groups is 1. The fourth-order valence-electron chi connectivity index (χ4n) is 1.53. The lowest BCUT2D eigenvalue weighted by Crippen LogP contribution is -2.30. The Hall–Kier alpha value is -1.20. The lowest BCUT2D eigenvalue weighted by Gasteiger charge is -2.16. The number of amides is 1. The minimum Gasteiger partial charge on any atom is -0.449 e. The van der Waals surface area contributed by atoms with Crippen molar-refractivity contribution >= 4 is 6.09 Å². The molecule has 0 fully saturated rings. The molecule has 0 aromatic carbocycles. The maximum atomic E-state index is 12.1. The fraction of sp³-hybridized carbons (Fsp3) is 0.727. The number of halogens is 3. The second-order valence-corrected chi connectivity index (χ2v) is 4.00. The van der Waals surface area contributed by atoms with Crippen molar-refractivity contribution in [2.24, 2.45) is 0 Å². The lowest BCUT2D eigenvalue weighted by atomic mass is 10.2. The average molecular weight is 251 g/mol. The molecule has 0 bridgehead atoms. The van der Waals surface area contributed by atoms with Crippen LogP contribution in [0.1, 0.15) is 26.2 Å². The van der Waals surface area contributed by atoms with E-state index < -0.39 is 18.7 Å². The van der Waals surface area contributed by atoms with E-state index in [1.165, 1.54) is 11.0 Å². The number of hydrogen-bond donors (Lipinski definition) is 0. The van der Waals surface area contributed by atoms with Gasteiger partial charge in [-0.05, 0) is 12.0 Å². The molecule has 1 aliphatic rings. The van der Waals surface area contributed by atoms with Crippen LogP contribution in [-0.4, -0.2) is 36.9 Å². The van der Waals surface area contributed by atoms with Gasteiger partial charge in [0.15, 0.2) is 0 Å². The highest BCUT2D eigenvalue weighted by Gasteiger charge is 2.32. The fourth-order valence-corrected chi connectivity index (χ4v) is 1.53. The molecule has 1 amide bonds. The zero-order valence-electron chi connectivity index (χ0n) is 9.72. The normalized spacial score (nSPS) is 16.0. The Kier molecular flexibility index (Phi) is 4.84. The van der Waals surface area contributed by atoms with Crippen molar-refractivity contribution in [3.8, 4) is 0 Å². The Morgan fingerprint density at radius 2 is 2.24 bits per heavy atom. The van der Waals surface area contributed by atoms with Gasteiger partial charge in [-0.2, -0.15) is 13.2 Å². The SMILES string of the molecule is CCCCOC(=O)N1CC=C(CC(F)(F)F)C1. The van der Waals surface area contributed by atoms with Gasteiger partial charge in [-0.3, -0.25) is 0 Å². The molecule has 0 saturated carbocycles. The van der Waals surface area contributed by atoms with Gasteiger partial charge < -0.3 is 9.64 Å². The summed E-state index contributed by atoms with van der Waals surface area (Å²) in [5.74, 6) is 0. The first-order valence-corrected chi connectivity index (χ1v) is 5.58. The topological polar surface area (TPSA) is 29.5 Å².